The Morgan fingerprint density at radius 3 is 2.11 bits per heavy atom. The SMILES string of the molecule is CC(C)(C)c1ccccc1S(=O)Cc1ccccc1. The summed E-state index contributed by atoms with van der Waals surface area (Å²) in [6, 6.07) is 18.1. The molecule has 0 saturated heterocycles. The molecule has 2 rings (SSSR count). The number of rotatable bonds is 3. The van der Waals surface area contributed by atoms with E-state index in [9.17, 15) is 4.21 Å². The van der Waals surface area contributed by atoms with E-state index in [-0.39, 0.29) is 5.41 Å². The summed E-state index contributed by atoms with van der Waals surface area (Å²) in [6.45, 7) is 6.47. The Hall–Kier alpha value is -1.41. The minimum absolute atomic E-state index is 0.0168. The molecule has 0 bridgehead atoms. The fourth-order valence-electron chi connectivity index (χ4n) is 2.09. The van der Waals surface area contributed by atoms with Crippen molar-refractivity contribution in [3.63, 3.8) is 0 Å². The maximum Gasteiger partial charge on any atom is 0.0577 e. The van der Waals surface area contributed by atoms with E-state index in [1.165, 1.54) is 5.56 Å². The van der Waals surface area contributed by atoms with E-state index in [0.717, 1.165) is 10.5 Å². The van der Waals surface area contributed by atoms with E-state index in [0.29, 0.717) is 5.75 Å². The second-order valence-electron chi connectivity index (χ2n) is 5.72. The van der Waals surface area contributed by atoms with Gasteiger partial charge in [-0.25, -0.2) is 0 Å². The molecule has 0 aromatic heterocycles. The average molecular weight is 272 g/mol. The van der Waals surface area contributed by atoms with Crippen LogP contribution in [-0.4, -0.2) is 4.21 Å². The highest BCUT2D eigenvalue weighted by Crippen LogP contribution is 2.28. The molecule has 2 aromatic rings. The van der Waals surface area contributed by atoms with Crippen molar-refractivity contribution in [2.45, 2.75) is 36.8 Å². The van der Waals surface area contributed by atoms with Crippen molar-refractivity contribution in [1.82, 2.24) is 0 Å². The second-order valence-corrected chi connectivity index (χ2v) is 7.14. The Bertz CT molecular complexity index is 567. The first-order valence-electron chi connectivity index (χ1n) is 6.50. The van der Waals surface area contributed by atoms with Gasteiger partial charge in [-0.1, -0.05) is 69.3 Å². The smallest absolute Gasteiger partial charge is 0.0577 e. The number of hydrogen-bond acceptors (Lipinski definition) is 1. The first-order chi connectivity index (χ1) is 8.98. The van der Waals surface area contributed by atoms with Crippen molar-refractivity contribution in [1.29, 1.82) is 0 Å². The summed E-state index contributed by atoms with van der Waals surface area (Å²) in [4.78, 5) is 0.957. The van der Waals surface area contributed by atoms with Crippen LogP contribution in [0.15, 0.2) is 59.5 Å². The zero-order valence-corrected chi connectivity index (χ0v) is 12.5. The molecule has 0 saturated carbocycles. The second kappa shape index (κ2) is 5.70. The van der Waals surface area contributed by atoms with Crippen LogP contribution in [0.5, 0.6) is 0 Å². The average Bonchev–Trinajstić information content (AvgIpc) is 2.39. The van der Waals surface area contributed by atoms with E-state index >= 15 is 0 Å². The van der Waals surface area contributed by atoms with Crippen LogP contribution in [0.2, 0.25) is 0 Å². The summed E-state index contributed by atoms with van der Waals surface area (Å²) < 4.78 is 12.6. The summed E-state index contributed by atoms with van der Waals surface area (Å²) in [5.74, 6) is 0.577. The van der Waals surface area contributed by atoms with Crippen LogP contribution in [0.1, 0.15) is 31.9 Å². The predicted molar refractivity (Wildman–Crippen MR) is 81.7 cm³/mol. The minimum atomic E-state index is -0.992. The first-order valence-corrected chi connectivity index (χ1v) is 7.82. The first kappa shape index (κ1) is 14.0. The van der Waals surface area contributed by atoms with Crippen molar-refractivity contribution < 1.29 is 4.21 Å². The molecule has 1 nitrogen and oxygen atoms in total. The highest BCUT2D eigenvalue weighted by molar-refractivity contribution is 7.84. The molecule has 19 heavy (non-hydrogen) atoms. The molecule has 0 aliphatic rings. The van der Waals surface area contributed by atoms with E-state index < -0.39 is 10.8 Å². The molecule has 0 spiro atoms. The van der Waals surface area contributed by atoms with Gasteiger partial charge in [0.15, 0.2) is 0 Å². The molecule has 2 aromatic carbocycles. The molecule has 2 heteroatoms. The summed E-state index contributed by atoms with van der Waals surface area (Å²) >= 11 is 0. The largest absolute Gasteiger partial charge is 0.254 e. The van der Waals surface area contributed by atoms with Gasteiger partial charge in [0.05, 0.1) is 16.6 Å². The third kappa shape index (κ3) is 3.54. The quantitative estimate of drug-likeness (QED) is 0.814. The Kier molecular flexibility index (Phi) is 4.20. The van der Waals surface area contributed by atoms with Gasteiger partial charge in [0.25, 0.3) is 0 Å². The van der Waals surface area contributed by atoms with Gasteiger partial charge in [-0.3, -0.25) is 4.21 Å². The number of benzene rings is 2. The molecule has 0 fully saturated rings. The van der Waals surface area contributed by atoms with Crippen molar-refractivity contribution >= 4 is 10.8 Å². The molecule has 0 amide bonds. The topological polar surface area (TPSA) is 17.1 Å². The third-order valence-electron chi connectivity index (χ3n) is 3.08. The molecule has 1 unspecified atom stereocenters. The summed E-state index contributed by atoms with van der Waals surface area (Å²) in [5.41, 5.74) is 2.30. The number of hydrogen-bond donors (Lipinski definition) is 0. The van der Waals surface area contributed by atoms with Crippen molar-refractivity contribution in [2.75, 3.05) is 0 Å². The monoisotopic (exact) mass is 272 g/mol. The van der Waals surface area contributed by atoms with Crippen LogP contribution in [-0.2, 0) is 22.0 Å². The van der Waals surface area contributed by atoms with Gasteiger partial charge in [0, 0.05) is 4.90 Å². The standard InChI is InChI=1S/C17H20OS/c1-17(2,3)15-11-7-8-12-16(15)19(18)13-14-9-5-4-6-10-14/h4-12H,13H2,1-3H3. The molecule has 0 aliphatic heterocycles. The summed E-state index contributed by atoms with van der Waals surface area (Å²) in [6.07, 6.45) is 0. The molecule has 0 aliphatic carbocycles. The summed E-state index contributed by atoms with van der Waals surface area (Å²) in [5, 5.41) is 0. The summed E-state index contributed by atoms with van der Waals surface area (Å²) in [7, 11) is -0.992. The zero-order valence-electron chi connectivity index (χ0n) is 11.7. The molecule has 0 radical (unpaired) electrons. The third-order valence-corrected chi connectivity index (χ3v) is 4.52. The van der Waals surface area contributed by atoms with Gasteiger partial charge in [-0.15, -0.1) is 0 Å². The van der Waals surface area contributed by atoms with Crippen molar-refractivity contribution in [3.05, 3.63) is 65.7 Å². The van der Waals surface area contributed by atoms with Crippen LogP contribution in [0.25, 0.3) is 0 Å². The van der Waals surface area contributed by atoms with Gasteiger partial charge in [-0.05, 0) is 22.6 Å². The highest BCUT2D eigenvalue weighted by Gasteiger charge is 2.20. The van der Waals surface area contributed by atoms with E-state index in [1.54, 1.807) is 0 Å². The lowest BCUT2D eigenvalue weighted by atomic mass is 9.87. The van der Waals surface area contributed by atoms with Crippen LogP contribution in [0, 0.1) is 0 Å². The van der Waals surface area contributed by atoms with E-state index in [2.05, 4.69) is 26.8 Å². The van der Waals surface area contributed by atoms with E-state index in [1.807, 2.05) is 48.5 Å². The van der Waals surface area contributed by atoms with Crippen LogP contribution in [0.4, 0.5) is 0 Å². The predicted octanol–water partition coefficient (Wildman–Crippen LogP) is 4.29. The molecule has 0 heterocycles. The van der Waals surface area contributed by atoms with E-state index in [4.69, 9.17) is 0 Å². The molecular formula is C17H20OS. The lowest BCUT2D eigenvalue weighted by Crippen LogP contribution is -2.15. The van der Waals surface area contributed by atoms with Crippen LogP contribution >= 0.6 is 0 Å². The zero-order chi connectivity index (χ0) is 13.9. The Balaban J connectivity index is 2.30. The van der Waals surface area contributed by atoms with Crippen LogP contribution in [0.3, 0.4) is 0 Å². The lowest BCUT2D eigenvalue weighted by Gasteiger charge is -2.22. The molecule has 100 valence electrons. The fraction of sp³-hybridized carbons (Fsp3) is 0.294. The van der Waals surface area contributed by atoms with Crippen LogP contribution < -0.4 is 0 Å². The highest BCUT2D eigenvalue weighted by atomic mass is 32.2. The van der Waals surface area contributed by atoms with Gasteiger partial charge < -0.3 is 0 Å². The normalized spacial score (nSPS) is 13.2. The van der Waals surface area contributed by atoms with Gasteiger partial charge >= 0.3 is 0 Å². The Morgan fingerprint density at radius 1 is 0.895 bits per heavy atom. The maximum absolute atomic E-state index is 12.6. The Morgan fingerprint density at radius 2 is 1.47 bits per heavy atom. The van der Waals surface area contributed by atoms with Gasteiger partial charge in [-0.2, -0.15) is 0 Å². The Labute approximate surface area is 118 Å². The van der Waals surface area contributed by atoms with Crippen molar-refractivity contribution in [3.8, 4) is 0 Å². The lowest BCUT2D eigenvalue weighted by molar-refractivity contribution is 0.575. The van der Waals surface area contributed by atoms with Gasteiger partial charge in [0.2, 0.25) is 0 Å². The molecule has 0 N–H and O–H groups in total. The van der Waals surface area contributed by atoms with Gasteiger partial charge in [0.1, 0.15) is 0 Å². The fourth-order valence-corrected chi connectivity index (χ4v) is 3.59. The molecular weight excluding hydrogens is 252 g/mol. The maximum atomic E-state index is 12.6. The molecule has 1 atom stereocenters. The van der Waals surface area contributed by atoms with Crippen molar-refractivity contribution in [2.24, 2.45) is 0 Å². The minimum Gasteiger partial charge on any atom is -0.254 e.